The second kappa shape index (κ2) is 6.24. The van der Waals surface area contributed by atoms with E-state index in [1.165, 1.54) is 17.6 Å². The van der Waals surface area contributed by atoms with Gasteiger partial charge in [0, 0.05) is 26.2 Å². The lowest BCUT2D eigenvalue weighted by Gasteiger charge is -2.33. The number of ketones is 1. The Morgan fingerprint density at radius 1 is 1.14 bits per heavy atom. The summed E-state index contributed by atoms with van der Waals surface area (Å²) in [6.45, 7) is 3.08. The predicted octanol–water partition coefficient (Wildman–Crippen LogP) is 1.98. The number of hydrogen-bond donors (Lipinski definition) is 0. The molecule has 1 aliphatic heterocycles. The molecule has 0 aliphatic carbocycles. The van der Waals surface area contributed by atoms with Crippen LogP contribution in [-0.4, -0.2) is 54.2 Å². The summed E-state index contributed by atoms with van der Waals surface area (Å²) in [5, 5.41) is 1.91. The third kappa shape index (κ3) is 3.22. The van der Waals surface area contributed by atoms with Gasteiger partial charge in [0.25, 0.3) is 5.91 Å². The smallest absolute Gasteiger partial charge is 0.264 e. The Hall–Kier alpha value is -1.92. The van der Waals surface area contributed by atoms with Crippen molar-refractivity contribution in [2.75, 3.05) is 32.7 Å². The zero-order valence-corrected chi connectivity index (χ0v) is 12.3. The van der Waals surface area contributed by atoms with Gasteiger partial charge in [0.2, 0.25) is 5.78 Å². The first-order valence-corrected chi connectivity index (χ1v) is 7.74. The second-order valence-electron chi connectivity index (χ2n) is 4.95. The number of furan rings is 1. The van der Waals surface area contributed by atoms with Gasteiger partial charge in [-0.15, -0.1) is 11.3 Å². The summed E-state index contributed by atoms with van der Waals surface area (Å²) in [6, 6.07) is 7.12. The highest BCUT2D eigenvalue weighted by molar-refractivity contribution is 7.12. The molecule has 1 amide bonds. The highest BCUT2D eigenvalue weighted by atomic mass is 32.1. The SMILES string of the molecule is O=C(CN1CCN(C(=O)c2cccs2)CC1)c1ccco1. The third-order valence-corrected chi connectivity index (χ3v) is 4.41. The van der Waals surface area contributed by atoms with Crippen LogP contribution in [0.15, 0.2) is 40.3 Å². The first-order chi connectivity index (χ1) is 10.2. The normalized spacial score (nSPS) is 16.1. The van der Waals surface area contributed by atoms with E-state index in [2.05, 4.69) is 4.90 Å². The molecule has 3 rings (SSSR count). The van der Waals surface area contributed by atoms with Crippen LogP contribution in [0.1, 0.15) is 20.2 Å². The quantitative estimate of drug-likeness (QED) is 0.811. The summed E-state index contributed by atoms with van der Waals surface area (Å²) in [5.41, 5.74) is 0. The Bertz CT molecular complexity index is 599. The summed E-state index contributed by atoms with van der Waals surface area (Å²) in [4.78, 5) is 28.9. The van der Waals surface area contributed by atoms with Crippen LogP contribution < -0.4 is 0 Å². The fraction of sp³-hybridized carbons (Fsp3) is 0.333. The molecule has 0 spiro atoms. The van der Waals surface area contributed by atoms with Crippen LogP contribution in [-0.2, 0) is 0 Å². The van der Waals surface area contributed by atoms with Gasteiger partial charge in [-0.25, -0.2) is 0 Å². The van der Waals surface area contributed by atoms with Crippen molar-refractivity contribution in [3.63, 3.8) is 0 Å². The Balaban J connectivity index is 1.51. The minimum absolute atomic E-state index is 0.0157. The molecule has 0 atom stereocenters. The van der Waals surface area contributed by atoms with Crippen molar-refractivity contribution >= 4 is 23.0 Å². The van der Waals surface area contributed by atoms with Gasteiger partial charge in [0.1, 0.15) is 0 Å². The molecule has 2 aromatic heterocycles. The molecule has 0 aromatic carbocycles. The fourth-order valence-electron chi connectivity index (χ4n) is 2.38. The Kier molecular flexibility index (Phi) is 4.17. The number of piperazine rings is 1. The number of thiophene rings is 1. The highest BCUT2D eigenvalue weighted by Crippen LogP contribution is 2.14. The zero-order valence-electron chi connectivity index (χ0n) is 11.5. The monoisotopic (exact) mass is 304 g/mol. The van der Waals surface area contributed by atoms with Gasteiger partial charge in [0.15, 0.2) is 5.76 Å². The van der Waals surface area contributed by atoms with Crippen molar-refractivity contribution < 1.29 is 14.0 Å². The van der Waals surface area contributed by atoms with Gasteiger partial charge < -0.3 is 9.32 Å². The maximum Gasteiger partial charge on any atom is 0.264 e. The molecule has 3 heterocycles. The molecular formula is C15H16N2O3S. The molecule has 6 heteroatoms. The van der Waals surface area contributed by atoms with Crippen molar-refractivity contribution in [2.45, 2.75) is 0 Å². The lowest BCUT2D eigenvalue weighted by molar-refractivity contribution is 0.0624. The van der Waals surface area contributed by atoms with Crippen molar-refractivity contribution in [3.05, 3.63) is 46.5 Å². The zero-order chi connectivity index (χ0) is 14.7. The van der Waals surface area contributed by atoms with E-state index >= 15 is 0 Å². The van der Waals surface area contributed by atoms with E-state index in [-0.39, 0.29) is 11.7 Å². The largest absolute Gasteiger partial charge is 0.461 e. The van der Waals surface area contributed by atoms with E-state index < -0.39 is 0 Å². The second-order valence-corrected chi connectivity index (χ2v) is 5.89. The fourth-order valence-corrected chi connectivity index (χ4v) is 3.07. The molecule has 5 nitrogen and oxygen atoms in total. The van der Waals surface area contributed by atoms with Crippen molar-refractivity contribution in [1.82, 2.24) is 9.80 Å². The maximum absolute atomic E-state index is 12.2. The molecule has 0 radical (unpaired) electrons. The molecular weight excluding hydrogens is 288 g/mol. The van der Waals surface area contributed by atoms with E-state index in [1.807, 2.05) is 22.4 Å². The number of hydrogen-bond acceptors (Lipinski definition) is 5. The molecule has 0 saturated carbocycles. The molecule has 0 bridgehead atoms. The van der Waals surface area contributed by atoms with Crippen LogP contribution in [0.25, 0.3) is 0 Å². The molecule has 110 valence electrons. The van der Waals surface area contributed by atoms with Gasteiger partial charge in [-0.2, -0.15) is 0 Å². The van der Waals surface area contributed by atoms with Crippen LogP contribution in [0.5, 0.6) is 0 Å². The van der Waals surface area contributed by atoms with E-state index in [0.717, 1.165) is 4.88 Å². The molecule has 0 N–H and O–H groups in total. The summed E-state index contributed by atoms with van der Waals surface area (Å²) in [7, 11) is 0. The summed E-state index contributed by atoms with van der Waals surface area (Å²) in [5.74, 6) is 0.465. The van der Waals surface area contributed by atoms with Gasteiger partial charge in [-0.1, -0.05) is 6.07 Å². The molecule has 1 saturated heterocycles. The Morgan fingerprint density at radius 3 is 2.57 bits per heavy atom. The molecule has 0 unspecified atom stereocenters. The number of carbonyl (C=O) groups excluding carboxylic acids is 2. The van der Waals surface area contributed by atoms with E-state index in [9.17, 15) is 9.59 Å². The van der Waals surface area contributed by atoms with E-state index in [1.54, 1.807) is 12.1 Å². The van der Waals surface area contributed by atoms with Crippen LogP contribution in [0.3, 0.4) is 0 Å². The Labute approximate surface area is 126 Å². The molecule has 21 heavy (non-hydrogen) atoms. The van der Waals surface area contributed by atoms with Gasteiger partial charge in [-0.3, -0.25) is 14.5 Å². The van der Waals surface area contributed by atoms with Gasteiger partial charge in [-0.05, 0) is 23.6 Å². The van der Waals surface area contributed by atoms with Crippen LogP contribution in [0.2, 0.25) is 0 Å². The van der Waals surface area contributed by atoms with Crippen LogP contribution >= 0.6 is 11.3 Å². The lowest BCUT2D eigenvalue weighted by Crippen LogP contribution is -2.49. The minimum atomic E-state index is -0.0157. The third-order valence-electron chi connectivity index (χ3n) is 3.55. The summed E-state index contributed by atoms with van der Waals surface area (Å²) >= 11 is 1.46. The van der Waals surface area contributed by atoms with Gasteiger partial charge >= 0.3 is 0 Å². The molecule has 1 fully saturated rings. The topological polar surface area (TPSA) is 53.8 Å². The van der Waals surface area contributed by atoms with Gasteiger partial charge in [0.05, 0.1) is 17.7 Å². The average molecular weight is 304 g/mol. The number of Topliss-reactive ketones (excluding diaryl/α,β-unsaturated/α-hetero) is 1. The Morgan fingerprint density at radius 2 is 1.95 bits per heavy atom. The van der Waals surface area contributed by atoms with Crippen molar-refractivity contribution in [2.24, 2.45) is 0 Å². The molecule has 2 aromatic rings. The number of nitrogens with zero attached hydrogens (tertiary/aromatic N) is 2. The van der Waals surface area contributed by atoms with Crippen molar-refractivity contribution in [3.8, 4) is 0 Å². The van der Waals surface area contributed by atoms with Crippen LogP contribution in [0, 0.1) is 0 Å². The number of carbonyl (C=O) groups is 2. The van der Waals surface area contributed by atoms with E-state index in [0.29, 0.717) is 38.5 Å². The predicted molar refractivity (Wildman–Crippen MR) is 79.7 cm³/mol. The first kappa shape index (κ1) is 14.0. The van der Waals surface area contributed by atoms with Crippen molar-refractivity contribution in [1.29, 1.82) is 0 Å². The average Bonchev–Trinajstić information content (AvgIpc) is 3.20. The molecule has 1 aliphatic rings. The maximum atomic E-state index is 12.2. The number of amides is 1. The first-order valence-electron chi connectivity index (χ1n) is 6.86. The highest BCUT2D eigenvalue weighted by Gasteiger charge is 2.24. The standard InChI is InChI=1S/C15H16N2O3S/c18-12(13-3-1-9-20-13)11-16-5-7-17(8-6-16)15(19)14-4-2-10-21-14/h1-4,9-10H,5-8,11H2. The van der Waals surface area contributed by atoms with Crippen LogP contribution in [0.4, 0.5) is 0 Å². The van der Waals surface area contributed by atoms with E-state index in [4.69, 9.17) is 4.42 Å². The minimum Gasteiger partial charge on any atom is -0.461 e. The number of rotatable bonds is 4. The lowest BCUT2D eigenvalue weighted by atomic mass is 10.2. The summed E-state index contributed by atoms with van der Waals surface area (Å²) < 4.78 is 5.11. The summed E-state index contributed by atoms with van der Waals surface area (Å²) in [6.07, 6.45) is 1.50.